The number of methoxy groups -OCH3 is 1. The van der Waals surface area contributed by atoms with Crippen LogP contribution >= 0.6 is 0 Å². The third-order valence-electron chi connectivity index (χ3n) is 8.10. The van der Waals surface area contributed by atoms with Gasteiger partial charge >= 0.3 is 11.9 Å². The van der Waals surface area contributed by atoms with Crippen molar-refractivity contribution in [3.05, 3.63) is 48.6 Å². The van der Waals surface area contributed by atoms with Gasteiger partial charge in [-0.15, -0.1) is 0 Å². The Morgan fingerprint density at radius 3 is 1.43 bits per heavy atom. The lowest BCUT2D eigenvalue weighted by molar-refractivity contribution is -0.310. The van der Waals surface area contributed by atoms with Gasteiger partial charge in [-0.25, -0.2) is 9.78 Å². The van der Waals surface area contributed by atoms with Gasteiger partial charge in [0.15, 0.2) is 6.10 Å². The van der Waals surface area contributed by atoms with Crippen LogP contribution in [0.4, 0.5) is 0 Å². The molecule has 0 aliphatic rings. The number of hydrogen-bond acceptors (Lipinski definition) is 7. The summed E-state index contributed by atoms with van der Waals surface area (Å²) in [6.45, 7) is 5.07. The van der Waals surface area contributed by atoms with Crippen molar-refractivity contribution in [1.82, 2.24) is 0 Å². The van der Waals surface area contributed by atoms with Crippen LogP contribution < -0.4 is 0 Å². The van der Waals surface area contributed by atoms with Crippen LogP contribution in [0, 0.1) is 0 Å². The summed E-state index contributed by atoms with van der Waals surface area (Å²) in [7, 11) is 1.58. The van der Waals surface area contributed by atoms with Gasteiger partial charge in [-0.2, -0.15) is 0 Å². The Morgan fingerprint density at radius 2 is 0.939 bits per heavy atom. The summed E-state index contributed by atoms with van der Waals surface area (Å²) in [4.78, 5) is 35.1. The second-order valence-electron chi connectivity index (χ2n) is 12.9. The Kier molecular flexibility index (Phi) is 38.4. The van der Waals surface area contributed by atoms with Gasteiger partial charge in [0.2, 0.25) is 0 Å². The number of unbranched alkanes of at least 4 members (excludes halogenated alkanes) is 16. The molecule has 49 heavy (non-hydrogen) atoms. The second kappa shape index (κ2) is 40.2. The normalized spacial score (nSPS) is 12.6. The van der Waals surface area contributed by atoms with E-state index in [0.29, 0.717) is 19.4 Å². The SMILES string of the molecule is CCCCC/C=C\C/C=C\CCCCCCCC(=O)OC[C@H](COOCCOC)OC(=O)CCCCCCC/C=C\C/C=C\CCCCC. The Morgan fingerprint density at radius 1 is 0.490 bits per heavy atom. The van der Waals surface area contributed by atoms with E-state index >= 15 is 0 Å². The highest BCUT2D eigenvalue weighted by Crippen LogP contribution is 2.12. The lowest BCUT2D eigenvalue weighted by Gasteiger charge is -2.17. The molecule has 0 amide bonds. The zero-order valence-corrected chi connectivity index (χ0v) is 31.9. The van der Waals surface area contributed by atoms with Crippen molar-refractivity contribution in [2.45, 2.75) is 174 Å². The van der Waals surface area contributed by atoms with Crippen LogP contribution in [0.2, 0.25) is 0 Å². The molecule has 284 valence electrons. The molecule has 0 radical (unpaired) electrons. The first-order valence-electron chi connectivity index (χ1n) is 19.8. The molecular weight excluding hydrogens is 616 g/mol. The van der Waals surface area contributed by atoms with Gasteiger partial charge < -0.3 is 14.2 Å². The first-order chi connectivity index (χ1) is 24.1. The molecule has 0 aliphatic heterocycles. The Bertz CT molecular complexity index is 833. The average molecular weight is 691 g/mol. The molecule has 7 heteroatoms. The van der Waals surface area contributed by atoms with E-state index in [4.69, 9.17) is 24.0 Å². The number of carbonyl (C=O) groups excluding carboxylic acids is 2. The van der Waals surface area contributed by atoms with E-state index in [1.807, 2.05) is 0 Å². The molecule has 7 nitrogen and oxygen atoms in total. The molecule has 0 saturated carbocycles. The van der Waals surface area contributed by atoms with Crippen molar-refractivity contribution in [2.75, 3.05) is 33.5 Å². The van der Waals surface area contributed by atoms with Gasteiger partial charge in [0.25, 0.3) is 0 Å². The van der Waals surface area contributed by atoms with E-state index in [0.717, 1.165) is 70.6 Å². The predicted octanol–water partition coefficient (Wildman–Crippen LogP) is 11.7. The minimum Gasteiger partial charge on any atom is -0.462 e. The number of allylic oxidation sites excluding steroid dienone is 8. The fraction of sp³-hybridized carbons (Fsp3) is 0.762. The smallest absolute Gasteiger partial charge is 0.306 e. The topological polar surface area (TPSA) is 80.3 Å². The van der Waals surface area contributed by atoms with Crippen LogP contribution in [0.25, 0.3) is 0 Å². The summed E-state index contributed by atoms with van der Waals surface area (Å²) >= 11 is 0. The summed E-state index contributed by atoms with van der Waals surface area (Å²) in [5.41, 5.74) is 0. The van der Waals surface area contributed by atoms with Crippen molar-refractivity contribution < 1.29 is 33.6 Å². The Hall–Kier alpha value is -2.22. The largest absolute Gasteiger partial charge is 0.462 e. The van der Waals surface area contributed by atoms with Crippen LogP contribution in [0.5, 0.6) is 0 Å². The van der Waals surface area contributed by atoms with Gasteiger partial charge in [0.1, 0.15) is 19.8 Å². The van der Waals surface area contributed by atoms with Gasteiger partial charge in [-0.3, -0.25) is 9.59 Å². The van der Waals surface area contributed by atoms with Gasteiger partial charge in [0.05, 0.1) is 6.61 Å². The maximum atomic E-state index is 12.5. The lowest BCUT2D eigenvalue weighted by atomic mass is 10.1. The summed E-state index contributed by atoms with van der Waals surface area (Å²) in [5, 5.41) is 0. The highest BCUT2D eigenvalue weighted by molar-refractivity contribution is 5.70. The second-order valence-corrected chi connectivity index (χ2v) is 12.9. The minimum atomic E-state index is -0.707. The van der Waals surface area contributed by atoms with Crippen molar-refractivity contribution in [1.29, 1.82) is 0 Å². The zero-order valence-electron chi connectivity index (χ0n) is 31.9. The summed E-state index contributed by atoms with van der Waals surface area (Å²) < 4.78 is 16.0. The molecular formula is C42H74O7. The van der Waals surface area contributed by atoms with Crippen LogP contribution in [0.3, 0.4) is 0 Å². The predicted molar refractivity (Wildman–Crippen MR) is 203 cm³/mol. The number of hydrogen-bond donors (Lipinski definition) is 0. The molecule has 0 aromatic rings. The molecule has 0 bridgehead atoms. The highest BCUT2D eigenvalue weighted by atomic mass is 17.2. The molecule has 0 aromatic carbocycles. The van der Waals surface area contributed by atoms with Crippen molar-refractivity contribution in [3.63, 3.8) is 0 Å². The van der Waals surface area contributed by atoms with E-state index in [2.05, 4.69) is 62.5 Å². The van der Waals surface area contributed by atoms with Crippen LogP contribution in [-0.2, 0) is 33.6 Å². The molecule has 0 saturated heterocycles. The van der Waals surface area contributed by atoms with E-state index < -0.39 is 6.10 Å². The van der Waals surface area contributed by atoms with Gasteiger partial charge in [-0.05, 0) is 77.0 Å². The molecule has 0 rings (SSSR count). The number of ether oxygens (including phenoxy) is 3. The average Bonchev–Trinajstić information content (AvgIpc) is 3.10. The minimum absolute atomic E-state index is 0.00536. The standard InChI is InChI=1S/C42H74O7/c1-4-6-8-10-12-14-16-18-20-22-24-26-28-30-32-34-41(43)46-38-40(39-48-47-37-36-45-3)49-42(44)35-33-31-29-27-25-23-21-19-17-15-13-11-9-7-5-2/h12-15,18-21,40H,4-11,16-17,22-39H2,1-3H3/b14-12-,15-13-,20-18-,21-19-/t40-/m1/s1. The number of carbonyl (C=O) groups is 2. The Balaban J connectivity index is 4.04. The highest BCUT2D eigenvalue weighted by Gasteiger charge is 2.18. The molecule has 0 spiro atoms. The first kappa shape index (κ1) is 46.8. The van der Waals surface area contributed by atoms with E-state index in [9.17, 15) is 9.59 Å². The fourth-order valence-corrected chi connectivity index (χ4v) is 5.08. The molecule has 1 atom stereocenters. The zero-order chi connectivity index (χ0) is 35.7. The van der Waals surface area contributed by atoms with Crippen molar-refractivity contribution in [2.24, 2.45) is 0 Å². The molecule has 0 fully saturated rings. The van der Waals surface area contributed by atoms with Gasteiger partial charge in [0, 0.05) is 20.0 Å². The summed E-state index contributed by atoms with van der Waals surface area (Å²) in [5.74, 6) is -0.582. The summed E-state index contributed by atoms with van der Waals surface area (Å²) in [6, 6.07) is 0. The van der Waals surface area contributed by atoms with E-state index in [-0.39, 0.29) is 31.8 Å². The number of esters is 2. The maximum Gasteiger partial charge on any atom is 0.306 e. The van der Waals surface area contributed by atoms with Crippen molar-refractivity contribution >= 4 is 11.9 Å². The maximum absolute atomic E-state index is 12.5. The van der Waals surface area contributed by atoms with Crippen LogP contribution in [-0.4, -0.2) is 51.6 Å². The molecule has 0 aliphatic carbocycles. The van der Waals surface area contributed by atoms with E-state index in [1.165, 1.54) is 70.6 Å². The molecule has 0 unspecified atom stereocenters. The third-order valence-corrected chi connectivity index (χ3v) is 8.10. The first-order valence-corrected chi connectivity index (χ1v) is 19.8. The molecule has 0 aromatic heterocycles. The third kappa shape index (κ3) is 38.4. The van der Waals surface area contributed by atoms with Crippen LogP contribution in [0.1, 0.15) is 168 Å². The summed E-state index contributed by atoms with van der Waals surface area (Å²) in [6.07, 6.45) is 43.0. The van der Waals surface area contributed by atoms with Crippen molar-refractivity contribution in [3.8, 4) is 0 Å². The Labute approximate surface area is 301 Å². The quantitative estimate of drug-likeness (QED) is 0.0211. The molecule has 0 heterocycles. The van der Waals surface area contributed by atoms with Gasteiger partial charge in [-0.1, -0.05) is 127 Å². The molecule has 0 N–H and O–H groups in total. The monoisotopic (exact) mass is 691 g/mol. The lowest BCUT2D eigenvalue weighted by Crippen LogP contribution is -2.30. The van der Waals surface area contributed by atoms with E-state index in [1.54, 1.807) is 7.11 Å². The van der Waals surface area contributed by atoms with Crippen LogP contribution in [0.15, 0.2) is 48.6 Å². The number of rotatable bonds is 37. The fourth-order valence-electron chi connectivity index (χ4n) is 5.08.